The monoisotopic (exact) mass is 463 g/mol. The van der Waals surface area contributed by atoms with Crippen LogP contribution in [0.4, 0.5) is 30.8 Å². The number of nitrogens with one attached hydrogen (secondary N) is 1. The van der Waals surface area contributed by atoms with Gasteiger partial charge in [-0.1, -0.05) is 6.07 Å². The summed E-state index contributed by atoms with van der Waals surface area (Å²) in [6.45, 7) is 3.44. The fraction of sp³-hybridized carbons (Fsp3) is 0.409. The highest BCUT2D eigenvalue weighted by molar-refractivity contribution is 5.90. The smallest absolute Gasteiger partial charge is 0.414 e. The molecular formula is C22H27F2N5O4. The number of carbonyl (C=O) groups excluding carboxylic acids is 2. The number of aldehydes is 1. The second-order valence-electron chi connectivity index (χ2n) is 7.28. The largest absolute Gasteiger partial charge is 0.443 e. The lowest BCUT2D eigenvalue weighted by atomic mass is 10.2. The van der Waals surface area contributed by atoms with Gasteiger partial charge in [0.2, 0.25) is 0 Å². The van der Waals surface area contributed by atoms with Crippen molar-refractivity contribution in [3.8, 4) is 0 Å². The van der Waals surface area contributed by atoms with Crippen molar-refractivity contribution >= 4 is 29.6 Å². The van der Waals surface area contributed by atoms with Crippen LogP contribution in [0.25, 0.3) is 0 Å². The number of hydrogen-bond donors (Lipinski definition) is 1. The highest BCUT2D eigenvalue weighted by atomic mass is 19.1. The maximum Gasteiger partial charge on any atom is 0.414 e. The van der Waals surface area contributed by atoms with Gasteiger partial charge in [0, 0.05) is 38.0 Å². The molecule has 2 aromatic rings. The van der Waals surface area contributed by atoms with Crippen molar-refractivity contribution in [2.75, 3.05) is 61.2 Å². The van der Waals surface area contributed by atoms with E-state index in [0.29, 0.717) is 32.0 Å². The van der Waals surface area contributed by atoms with Gasteiger partial charge in [-0.25, -0.2) is 23.6 Å². The number of nitrogens with zero attached hydrogens (tertiary/aromatic N) is 4. The fourth-order valence-corrected chi connectivity index (χ4v) is 3.63. The van der Waals surface area contributed by atoms with Gasteiger partial charge < -0.3 is 19.7 Å². The summed E-state index contributed by atoms with van der Waals surface area (Å²) in [5.41, 5.74) is 0.00287. The predicted molar refractivity (Wildman–Crippen MR) is 119 cm³/mol. The standard InChI is InChI=1S/C20H23F2N5O3.C2H4O/c1-23-12-15-13-26(20(28)30-15)14-10-16(21)19(17(22)11-14)25-6-7-27(29-9-8-25)18-4-2-3-5-24-18;1-2-3/h2-5,10-11,15,23H,6-9,12-13H2,1H3;2H,1H3/t15-;/m0./s1. The maximum absolute atomic E-state index is 14.9. The van der Waals surface area contributed by atoms with Crippen LogP contribution in [0.5, 0.6) is 0 Å². The third-order valence-corrected chi connectivity index (χ3v) is 5.02. The van der Waals surface area contributed by atoms with Crippen LogP contribution in [-0.2, 0) is 14.4 Å². The van der Waals surface area contributed by atoms with Gasteiger partial charge in [-0.05, 0) is 26.1 Å². The topological polar surface area (TPSA) is 87.2 Å². The number of aromatic nitrogens is 1. The van der Waals surface area contributed by atoms with E-state index in [1.807, 2.05) is 12.1 Å². The average molecular weight is 463 g/mol. The number of pyridine rings is 1. The van der Waals surface area contributed by atoms with Gasteiger partial charge in [-0.3, -0.25) is 9.74 Å². The average Bonchev–Trinajstić information content (AvgIpc) is 3.00. The van der Waals surface area contributed by atoms with Crippen LogP contribution in [0.3, 0.4) is 0 Å². The zero-order valence-electron chi connectivity index (χ0n) is 18.5. The Balaban J connectivity index is 0.000000968. The number of cyclic esters (lactones) is 1. The first-order chi connectivity index (χ1) is 16.0. The molecule has 0 unspecified atom stereocenters. The summed E-state index contributed by atoms with van der Waals surface area (Å²) >= 11 is 0. The van der Waals surface area contributed by atoms with E-state index in [9.17, 15) is 13.6 Å². The molecule has 1 amide bonds. The molecule has 11 heteroatoms. The Bertz CT molecular complexity index is 927. The number of anilines is 3. The molecule has 0 spiro atoms. The van der Waals surface area contributed by atoms with Crippen molar-refractivity contribution < 1.29 is 27.9 Å². The highest BCUT2D eigenvalue weighted by Gasteiger charge is 2.33. The summed E-state index contributed by atoms with van der Waals surface area (Å²) in [6, 6.07) is 7.80. The SMILES string of the molecule is CC=O.CNC[C@H]1CN(c2cc(F)c(N3CCON(c4ccccn4)CC3)c(F)c2)C(=O)O1. The second-order valence-corrected chi connectivity index (χ2v) is 7.28. The zero-order valence-corrected chi connectivity index (χ0v) is 18.5. The molecule has 2 aliphatic heterocycles. The second kappa shape index (κ2) is 11.5. The molecule has 2 aliphatic rings. The molecule has 0 radical (unpaired) electrons. The van der Waals surface area contributed by atoms with E-state index in [1.165, 1.54) is 24.0 Å². The fourth-order valence-electron chi connectivity index (χ4n) is 3.63. The van der Waals surface area contributed by atoms with Crippen molar-refractivity contribution in [3.05, 3.63) is 48.2 Å². The minimum Gasteiger partial charge on any atom is -0.443 e. The lowest BCUT2D eigenvalue weighted by Gasteiger charge is -2.24. The molecule has 1 aromatic carbocycles. The van der Waals surface area contributed by atoms with Crippen molar-refractivity contribution in [1.29, 1.82) is 0 Å². The van der Waals surface area contributed by atoms with E-state index in [0.717, 1.165) is 6.29 Å². The summed E-state index contributed by atoms with van der Waals surface area (Å²) in [5.74, 6) is -0.832. The van der Waals surface area contributed by atoms with Crippen LogP contribution in [0.2, 0.25) is 0 Å². The van der Waals surface area contributed by atoms with Crippen LogP contribution in [0.15, 0.2) is 36.5 Å². The van der Waals surface area contributed by atoms with Crippen LogP contribution in [-0.4, -0.2) is 69.8 Å². The Hall–Kier alpha value is -3.31. The number of carbonyl (C=O) groups is 2. The molecule has 9 nitrogen and oxygen atoms in total. The van der Waals surface area contributed by atoms with Crippen molar-refractivity contribution in [2.24, 2.45) is 0 Å². The first-order valence-corrected chi connectivity index (χ1v) is 10.6. The Labute approximate surface area is 190 Å². The van der Waals surface area contributed by atoms with Crippen LogP contribution in [0.1, 0.15) is 6.92 Å². The first-order valence-electron chi connectivity index (χ1n) is 10.6. The molecule has 33 heavy (non-hydrogen) atoms. The number of benzene rings is 1. The van der Waals surface area contributed by atoms with Gasteiger partial charge in [0.1, 0.15) is 18.1 Å². The molecule has 2 saturated heterocycles. The van der Waals surface area contributed by atoms with E-state index >= 15 is 0 Å². The van der Waals surface area contributed by atoms with Crippen molar-refractivity contribution in [1.82, 2.24) is 10.3 Å². The van der Waals surface area contributed by atoms with Gasteiger partial charge in [-0.2, -0.15) is 0 Å². The van der Waals surface area contributed by atoms with Gasteiger partial charge in [-0.15, -0.1) is 0 Å². The minimum absolute atomic E-state index is 0.135. The highest BCUT2D eigenvalue weighted by Crippen LogP contribution is 2.31. The number of amides is 1. The normalized spacial score (nSPS) is 18.4. The number of likely N-dealkylation sites (N-methyl/N-ethyl adjacent to an activating group) is 1. The molecule has 1 atom stereocenters. The van der Waals surface area contributed by atoms with E-state index in [4.69, 9.17) is 14.4 Å². The van der Waals surface area contributed by atoms with Crippen LogP contribution >= 0.6 is 0 Å². The minimum atomic E-state index is -0.735. The molecule has 3 heterocycles. The predicted octanol–water partition coefficient (Wildman–Crippen LogP) is 2.37. The van der Waals surface area contributed by atoms with Gasteiger partial charge in [0.15, 0.2) is 17.5 Å². The molecule has 178 valence electrons. The molecule has 1 aromatic heterocycles. The molecule has 0 bridgehead atoms. The van der Waals surface area contributed by atoms with E-state index < -0.39 is 17.7 Å². The van der Waals surface area contributed by atoms with E-state index in [1.54, 1.807) is 29.3 Å². The van der Waals surface area contributed by atoms with Gasteiger partial charge in [0.05, 0.1) is 25.4 Å². The summed E-state index contributed by atoms with van der Waals surface area (Å²) in [4.78, 5) is 33.6. The van der Waals surface area contributed by atoms with Crippen molar-refractivity contribution in [3.63, 3.8) is 0 Å². The number of ether oxygens (including phenoxy) is 1. The third-order valence-electron chi connectivity index (χ3n) is 5.02. The summed E-state index contributed by atoms with van der Waals surface area (Å²) < 4.78 is 35.1. The molecule has 1 N–H and O–H groups in total. The maximum atomic E-state index is 14.9. The Kier molecular flexibility index (Phi) is 8.50. The number of halogens is 2. The Morgan fingerprint density at radius 1 is 1.21 bits per heavy atom. The summed E-state index contributed by atoms with van der Waals surface area (Å²) in [7, 11) is 1.74. The molecule has 0 saturated carbocycles. The van der Waals surface area contributed by atoms with Gasteiger partial charge in [0.25, 0.3) is 0 Å². The van der Waals surface area contributed by atoms with Gasteiger partial charge >= 0.3 is 6.09 Å². The number of hydrogen-bond acceptors (Lipinski definition) is 8. The van der Waals surface area contributed by atoms with Crippen molar-refractivity contribution in [2.45, 2.75) is 13.0 Å². The summed E-state index contributed by atoms with van der Waals surface area (Å²) in [5, 5.41) is 4.54. The Morgan fingerprint density at radius 2 is 1.94 bits per heavy atom. The first kappa shape index (κ1) is 24.3. The lowest BCUT2D eigenvalue weighted by Crippen LogP contribution is -2.32. The third kappa shape index (κ3) is 5.93. The molecule has 2 fully saturated rings. The molecule has 4 rings (SSSR count). The quantitative estimate of drug-likeness (QED) is 0.677. The zero-order chi connectivity index (χ0) is 23.8. The van der Waals surface area contributed by atoms with Crippen LogP contribution < -0.4 is 20.2 Å². The van der Waals surface area contributed by atoms with Crippen LogP contribution in [0, 0.1) is 11.6 Å². The lowest BCUT2D eigenvalue weighted by molar-refractivity contribution is -0.106. The number of hydroxylamine groups is 1. The summed E-state index contributed by atoms with van der Waals surface area (Å²) in [6.07, 6.45) is 1.42. The molecule has 0 aliphatic carbocycles. The number of rotatable bonds is 5. The Morgan fingerprint density at radius 3 is 2.58 bits per heavy atom. The van der Waals surface area contributed by atoms with E-state index in [-0.39, 0.29) is 30.6 Å². The molecular weight excluding hydrogens is 436 g/mol. The van der Waals surface area contributed by atoms with E-state index in [2.05, 4.69) is 10.3 Å².